The topological polar surface area (TPSA) is 0 Å². The summed E-state index contributed by atoms with van der Waals surface area (Å²) < 4.78 is 1.27. The summed E-state index contributed by atoms with van der Waals surface area (Å²) in [4.78, 5) is 0.788. The molecule has 4 aliphatic carbocycles. The number of allylic oxidation sites excluding steroid dienone is 1. The van der Waals surface area contributed by atoms with Crippen molar-refractivity contribution in [1.29, 1.82) is 0 Å². The summed E-state index contributed by atoms with van der Waals surface area (Å²) >= 11 is 8.01. The third-order valence-corrected chi connectivity index (χ3v) is 10.8. The van der Waals surface area contributed by atoms with Gasteiger partial charge in [0.1, 0.15) is 0 Å². The molecule has 0 amide bonds. The lowest BCUT2D eigenvalue weighted by atomic mass is 9.62. The summed E-state index contributed by atoms with van der Waals surface area (Å²) in [6.45, 7) is 4.92. The Bertz CT molecular complexity index is 751. The largest absolute Gasteiger partial charge is 0.0884 e. The smallest absolute Gasteiger partial charge is 0.0250 e. The summed E-state index contributed by atoms with van der Waals surface area (Å²) in [7, 11) is 0. The average molecular weight is 492 g/mol. The van der Waals surface area contributed by atoms with Crippen molar-refractivity contribution in [3.05, 3.63) is 39.4 Å². The number of alkyl halides is 1. The molecule has 146 valence electrons. The number of fused-ring (bicyclic) bond motifs is 3. The van der Waals surface area contributed by atoms with Gasteiger partial charge in [-0.1, -0.05) is 81.8 Å². The molecule has 4 aliphatic rings. The Labute approximate surface area is 181 Å². The van der Waals surface area contributed by atoms with Crippen molar-refractivity contribution in [2.45, 2.75) is 69.5 Å². The standard InChI is InChI=1S/C25H32Br2/c1-14-10-22-18(8-5-9-24(22)26)19(14)13-20-15(2)11-23-21(20)12-16-6-3-4-7-17(16)25(23)27/h5,8-10,15-17,19-21,23,25H,3-4,6-7,11-13H2,1-2H3. The van der Waals surface area contributed by atoms with E-state index >= 15 is 0 Å². The van der Waals surface area contributed by atoms with Crippen LogP contribution >= 0.6 is 31.9 Å². The first kappa shape index (κ1) is 18.9. The van der Waals surface area contributed by atoms with Crippen molar-refractivity contribution in [2.24, 2.45) is 35.5 Å². The van der Waals surface area contributed by atoms with E-state index in [-0.39, 0.29) is 0 Å². The highest BCUT2D eigenvalue weighted by Gasteiger charge is 2.52. The quantitative estimate of drug-likeness (QED) is 0.365. The molecule has 0 nitrogen and oxygen atoms in total. The van der Waals surface area contributed by atoms with Crippen LogP contribution in [0.5, 0.6) is 0 Å². The van der Waals surface area contributed by atoms with Crippen LogP contribution < -0.4 is 0 Å². The Balaban J connectivity index is 1.40. The van der Waals surface area contributed by atoms with Crippen molar-refractivity contribution in [3.8, 4) is 0 Å². The van der Waals surface area contributed by atoms with Crippen LogP contribution in [0.2, 0.25) is 0 Å². The van der Waals surface area contributed by atoms with Crippen LogP contribution in [0.3, 0.4) is 0 Å². The SMILES string of the molecule is CC1=Cc2c(Br)cccc2C1CC1C(C)CC2C(Br)C3CCCCC3CC12. The van der Waals surface area contributed by atoms with Gasteiger partial charge in [0.2, 0.25) is 0 Å². The van der Waals surface area contributed by atoms with Crippen molar-refractivity contribution < 1.29 is 0 Å². The Morgan fingerprint density at radius 2 is 1.85 bits per heavy atom. The fraction of sp³-hybridized carbons (Fsp3) is 0.680. The predicted octanol–water partition coefficient (Wildman–Crippen LogP) is 8.20. The van der Waals surface area contributed by atoms with Crippen molar-refractivity contribution in [2.75, 3.05) is 0 Å². The van der Waals surface area contributed by atoms with E-state index in [1.807, 2.05) is 0 Å². The molecule has 0 spiro atoms. The van der Waals surface area contributed by atoms with Crippen LogP contribution in [-0.4, -0.2) is 4.83 Å². The van der Waals surface area contributed by atoms with E-state index in [0.717, 1.165) is 40.3 Å². The maximum absolute atomic E-state index is 4.23. The van der Waals surface area contributed by atoms with Gasteiger partial charge in [-0.05, 0) is 85.3 Å². The Morgan fingerprint density at radius 1 is 1.04 bits per heavy atom. The van der Waals surface area contributed by atoms with E-state index in [1.54, 1.807) is 11.1 Å². The van der Waals surface area contributed by atoms with Crippen LogP contribution in [0.15, 0.2) is 28.2 Å². The lowest BCUT2D eigenvalue weighted by Gasteiger charge is -2.47. The lowest BCUT2D eigenvalue weighted by molar-refractivity contribution is 0.0825. The predicted molar refractivity (Wildman–Crippen MR) is 122 cm³/mol. The van der Waals surface area contributed by atoms with Crippen LogP contribution in [-0.2, 0) is 0 Å². The molecule has 3 saturated carbocycles. The minimum atomic E-state index is 0.640. The summed E-state index contributed by atoms with van der Waals surface area (Å²) in [5.41, 5.74) is 4.59. The van der Waals surface area contributed by atoms with Gasteiger partial charge >= 0.3 is 0 Å². The van der Waals surface area contributed by atoms with Gasteiger partial charge in [0.25, 0.3) is 0 Å². The first-order chi connectivity index (χ1) is 13.0. The third-order valence-electron chi connectivity index (χ3n) is 8.73. The van der Waals surface area contributed by atoms with Crippen LogP contribution in [0.25, 0.3) is 6.08 Å². The number of hydrogen-bond acceptors (Lipinski definition) is 0. The molecule has 0 radical (unpaired) electrons. The Hall–Kier alpha value is -0.0800. The zero-order valence-electron chi connectivity index (χ0n) is 16.6. The molecular formula is C25H32Br2. The molecule has 0 bridgehead atoms. The zero-order chi connectivity index (χ0) is 18.7. The van der Waals surface area contributed by atoms with Crippen molar-refractivity contribution in [1.82, 2.24) is 0 Å². The van der Waals surface area contributed by atoms with Gasteiger partial charge in [-0.15, -0.1) is 0 Å². The molecule has 0 saturated heterocycles. The molecule has 1 aromatic rings. The minimum Gasteiger partial charge on any atom is -0.0884 e. The zero-order valence-corrected chi connectivity index (χ0v) is 19.8. The monoisotopic (exact) mass is 490 g/mol. The second kappa shape index (κ2) is 7.31. The number of halogens is 2. The van der Waals surface area contributed by atoms with E-state index in [2.05, 4.69) is 70.0 Å². The number of hydrogen-bond donors (Lipinski definition) is 0. The summed E-state index contributed by atoms with van der Waals surface area (Å²) in [5.74, 6) is 6.27. The molecule has 5 rings (SSSR count). The van der Waals surface area contributed by atoms with Crippen LogP contribution in [0.4, 0.5) is 0 Å². The highest BCUT2D eigenvalue weighted by molar-refractivity contribution is 9.10. The summed E-state index contributed by atoms with van der Waals surface area (Å²) in [6.07, 6.45) is 12.7. The van der Waals surface area contributed by atoms with Crippen molar-refractivity contribution >= 4 is 37.9 Å². The molecular weight excluding hydrogens is 460 g/mol. The maximum atomic E-state index is 4.23. The van der Waals surface area contributed by atoms with Gasteiger partial charge in [-0.2, -0.15) is 0 Å². The molecule has 0 aliphatic heterocycles. The Kier molecular flexibility index (Phi) is 5.12. The second-order valence-corrected chi connectivity index (χ2v) is 11.9. The van der Waals surface area contributed by atoms with Crippen molar-refractivity contribution in [3.63, 3.8) is 0 Å². The number of rotatable bonds is 2. The van der Waals surface area contributed by atoms with Gasteiger partial charge in [-0.25, -0.2) is 0 Å². The lowest BCUT2D eigenvalue weighted by Crippen LogP contribution is -2.41. The highest BCUT2D eigenvalue weighted by Crippen LogP contribution is 2.59. The molecule has 2 heteroatoms. The molecule has 1 aromatic carbocycles. The van der Waals surface area contributed by atoms with E-state index in [4.69, 9.17) is 0 Å². The molecule has 3 fully saturated rings. The minimum absolute atomic E-state index is 0.640. The normalized spacial score (nSPS) is 43.0. The van der Waals surface area contributed by atoms with Crippen LogP contribution in [0.1, 0.15) is 75.8 Å². The van der Waals surface area contributed by atoms with Gasteiger partial charge in [0.15, 0.2) is 0 Å². The van der Waals surface area contributed by atoms with E-state index in [1.165, 1.54) is 55.0 Å². The Morgan fingerprint density at radius 3 is 2.70 bits per heavy atom. The second-order valence-electron chi connectivity index (χ2n) is 10.0. The molecule has 8 atom stereocenters. The molecule has 27 heavy (non-hydrogen) atoms. The third kappa shape index (κ3) is 3.12. The van der Waals surface area contributed by atoms with Gasteiger partial charge < -0.3 is 0 Å². The van der Waals surface area contributed by atoms with Crippen LogP contribution in [0, 0.1) is 35.5 Å². The van der Waals surface area contributed by atoms with E-state index < -0.39 is 0 Å². The first-order valence-electron chi connectivity index (χ1n) is 11.1. The number of benzene rings is 1. The molecule has 8 unspecified atom stereocenters. The fourth-order valence-corrected chi connectivity index (χ4v) is 9.22. The average Bonchev–Trinajstić information content (AvgIpc) is 3.15. The molecule has 0 heterocycles. The molecule has 0 aromatic heterocycles. The maximum Gasteiger partial charge on any atom is 0.0250 e. The molecule has 0 N–H and O–H groups in total. The van der Waals surface area contributed by atoms with Gasteiger partial charge in [0.05, 0.1) is 0 Å². The fourth-order valence-electron chi connectivity index (χ4n) is 7.42. The summed E-state index contributed by atoms with van der Waals surface area (Å²) in [5, 5.41) is 0. The van der Waals surface area contributed by atoms with Gasteiger partial charge in [-0.3, -0.25) is 0 Å². The summed E-state index contributed by atoms with van der Waals surface area (Å²) in [6, 6.07) is 6.80. The highest BCUT2D eigenvalue weighted by atomic mass is 79.9. The van der Waals surface area contributed by atoms with E-state index in [0.29, 0.717) is 5.92 Å². The first-order valence-corrected chi connectivity index (χ1v) is 12.9. The van der Waals surface area contributed by atoms with Gasteiger partial charge in [0, 0.05) is 15.2 Å². The van der Waals surface area contributed by atoms with E-state index in [9.17, 15) is 0 Å².